The van der Waals surface area contributed by atoms with E-state index in [1.54, 1.807) is 0 Å². The van der Waals surface area contributed by atoms with E-state index in [1.165, 1.54) is 0 Å². The van der Waals surface area contributed by atoms with Gasteiger partial charge < -0.3 is 9.47 Å². The van der Waals surface area contributed by atoms with E-state index in [0.29, 0.717) is 0 Å². The minimum absolute atomic E-state index is 0.455. The van der Waals surface area contributed by atoms with Crippen LogP contribution in [0, 0.1) is 0 Å². The third-order valence-corrected chi connectivity index (χ3v) is 2.91. The van der Waals surface area contributed by atoms with Crippen molar-refractivity contribution in [1.29, 1.82) is 0 Å². The Morgan fingerprint density at radius 3 is 1.92 bits per heavy atom. The second-order valence-corrected chi connectivity index (χ2v) is 5.22. The quantitative estimate of drug-likeness (QED) is 0.446. The van der Waals surface area contributed by atoms with E-state index >= 15 is 0 Å². The Kier molecular flexibility index (Phi) is 4.48. The highest BCUT2D eigenvalue weighted by Crippen LogP contribution is 2.16. The summed E-state index contributed by atoms with van der Waals surface area (Å²) < 4.78 is 10.8. The summed E-state index contributed by atoms with van der Waals surface area (Å²) in [6.07, 6.45) is -0.603. The molecule has 0 aliphatic rings. The van der Waals surface area contributed by atoms with Gasteiger partial charge in [0.05, 0.1) is 0 Å². The molecule has 0 aliphatic carbocycles. The second kappa shape index (κ2) is 4.48. The molecule has 0 saturated heterocycles. The van der Waals surface area contributed by atoms with Gasteiger partial charge in [-0.2, -0.15) is 0 Å². The summed E-state index contributed by atoms with van der Waals surface area (Å²) in [7, 11) is 0. The molecule has 0 fully saturated rings. The van der Waals surface area contributed by atoms with Gasteiger partial charge in [-0.05, 0) is 34.6 Å². The molecule has 0 aromatic rings. The van der Waals surface area contributed by atoms with Crippen molar-refractivity contribution in [2.45, 2.75) is 45.8 Å². The maximum absolute atomic E-state index is 11.2. The summed E-state index contributed by atoms with van der Waals surface area (Å²) in [5, 5.41) is 0. The van der Waals surface area contributed by atoms with Crippen molar-refractivity contribution >= 4 is 28.7 Å². The molecule has 0 spiro atoms. The Morgan fingerprint density at radius 2 is 1.62 bits per heavy atom. The van der Waals surface area contributed by atoms with Crippen molar-refractivity contribution in [2.75, 3.05) is 4.43 Å². The Hall–Kier alpha value is 0. The van der Waals surface area contributed by atoms with Crippen molar-refractivity contribution in [3.05, 3.63) is 0 Å². The number of ether oxygens (including phenoxy) is 2. The van der Waals surface area contributed by atoms with Crippen LogP contribution in [0.1, 0.15) is 34.6 Å². The zero-order valence-corrected chi connectivity index (χ0v) is 11.0. The van der Waals surface area contributed by atoms with Crippen LogP contribution in [0.15, 0.2) is 0 Å². The van der Waals surface area contributed by atoms with Gasteiger partial charge in [0, 0.05) is 4.43 Å². The van der Waals surface area contributed by atoms with Gasteiger partial charge in [-0.25, -0.2) is 4.79 Å². The van der Waals surface area contributed by atoms with E-state index in [9.17, 15) is 4.79 Å². The van der Waals surface area contributed by atoms with Gasteiger partial charge in [0.15, 0.2) is 0 Å². The fraction of sp³-hybridized carbons (Fsp3) is 0.889. The zero-order valence-electron chi connectivity index (χ0n) is 8.81. The predicted molar refractivity (Wildman–Crippen MR) is 60.3 cm³/mol. The molecule has 0 heterocycles. The first-order valence-electron chi connectivity index (χ1n) is 4.14. The first-order valence-corrected chi connectivity index (χ1v) is 5.67. The molecule has 0 atom stereocenters. The summed E-state index contributed by atoms with van der Waals surface area (Å²) in [4.78, 5) is 11.2. The summed E-state index contributed by atoms with van der Waals surface area (Å²) in [6, 6.07) is 0. The number of hydrogen-bond acceptors (Lipinski definition) is 3. The molecule has 0 amide bonds. The third-order valence-electron chi connectivity index (χ3n) is 1.07. The molecular weight excluding hydrogens is 283 g/mol. The van der Waals surface area contributed by atoms with Crippen LogP contribution in [0.4, 0.5) is 4.79 Å². The first-order chi connectivity index (χ1) is 5.66. The summed E-state index contributed by atoms with van der Waals surface area (Å²) in [5.74, 6) is 0. The summed E-state index contributed by atoms with van der Waals surface area (Å²) in [5.41, 5.74) is -0.943. The molecule has 0 unspecified atom stereocenters. The maximum atomic E-state index is 11.2. The number of hydrogen-bond donors (Lipinski definition) is 0. The number of carbonyl (C=O) groups excluding carboxylic acids is 1. The predicted octanol–water partition coefficient (Wildman–Crippen LogP) is 3.15. The van der Waals surface area contributed by atoms with E-state index < -0.39 is 17.4 Å². The van der Waals surface area contributed by atoms with E-state index in [-0.39, 0.29) is 0 Å². The SMILES string of the molecule is CC(C)(C)OC(=O)OC(C)(C)CI. The molecule has 78 valence electrons. The number of rotatable bonds is 2. The van der Waals surface area contributed by atoms with Crippen LogP contribution in [0.5, 0.6) is 0 Å². The highest BCUT2D eigenvalue weighted by molar-refractivity contribution is 14.1. The van der Waals surface area contributed by atoms with E-state index in [0.717, 1.165) is 4.43 Å². The Bertz CT molecular complexity index is 182. The van der Waals surface area contributed by atoms with Crippen LogP contribution in [-0.4, -0.2) is 21.8 Å². The fourth-order valence-electron chi connectivity index (χ4n) is 0.524. The van der Waals surface area contributed by atoms with Crippen LogP contribution in [0.25, 0.3) is 0 Å². The zero-order chi connectivity index (χ0) is 10.7. The van der Waals surface area contributed by atoms with Gasteiger partial charge in [0.1, 0.15) is 11.2 Å². The average Bonchev–Trinajstić information content (AvgIpc) is 1.81. The smallest absolute Gasteiger partial charge is 0.429 e. The van der Waals surface area contributed by atoms with Crippen molar-refractivity contribution < 1.29 is 14.3 Å². The standard InChI is InChI=1S/C9H17IO3/c1-8(2,3)12-7(11)13-9(4,5)6-10/h6H2,1-5H3. The molecule has 0 N–H and O–H groups in total. The molecule has 13 heavy (non-hydrogen) atoms. The summed E-state index contributed by atoms with van der Waals surface area (Å²) in [6.45, 7) is 9.13. The molecule has 0 bridgehead atoms. The van der Waals surface area contributed by atoms with Crippen molar-refractivity contribution in [1.82, 2.24) is 0 Å². The van der Waals surface area contributed by atoms with Gasteiger partial charge in [0.2, 0.25) is 0 Å². The lowest BCUT2D eigenvalue weighted by molar-refractivity contribution is -0.0444. The number of carbonyl (C=O) groups is 1. The molecule has 0 aliphatic heterocycles. The maximum Gasteiger partial charge on any atom is 0.509 e. The van der Waals surface area contributed by atoms with Crippen LogP contribution in [0.3, 0.4) is 0 Å². The summed E-state index contributed by atoms with van der Waals surface area (Å²) >= 11 is 2.17. The molecule has 4 heteroatoms. The molecule has 0 rings (SSSR count). The van der Waals surface area contributed by atoms with Crippen LogP contribution < -0.4 is 0 Å². The number of alkyl halides is 1. The number of halogens is 1. The molecule has 0 saturated carbocycles. The van der Waals surface area contributed by atoms with Crippen molar-refractivity contribution in [3.8, 4) is 0 Å². The first kappa shape index (κ1) is 13.0. The monoisotopic (exact) mass is 300 g/mol. The second-order valence-electron chi connectivity index (χ2n) is 4.46. The highest BCUT2D eigenvalue weighted by atomic mass is 127. The Morgan fingerprint density at radius 1 is 1.15 bits per heavy atom. The Balaban J connectivity index is 4.03. The van der Waals surface area contributed by atoms with Gasteiger partial charge in [-0.3, -0.25) is 0 Å². The fourth-order valence-corrected chi connectivity index (χ4v) is 0.679. The van der Waals surface area contributed by atoms with Gasteiger partial charge >= 0.3 is 6.16 Å². The molecule has 0 aromatic heterocycles. The van der Waals surface area contributed by atoms with Crippen molar-refractivity contribution in [2.24, 2.45) is 0 Å². The van der Waals surface area contributed by atoms with E-state index in [2.05, 4.69) is 22.6 Å². The van der Waals surface area contributed by atoms with Gasteiger partial charge in [-0.15, -0.1) is 0 Å². The minimum atomic E-state index is -0.603. The lowest BCUT2D eigenvalue weighted by Gasteiger charge is -2.25. The molecule has 0 aromatic carbocycles. The molecule has 0 radical (unpaired) electrons. The third kappa shape index (κ3) is 7.10. The normalized spacial score (nSPS) is 12.5. The van der Waals surface area contributed by atoms with Crippen molar-refractivity contribution in [3.63, 3.8) is 0 Å². The van der Waals surface area contributed by atoms with Gasteiger partial charge in [0.25, 0.3) is 0 Å². The largest absolute Gasteiger partial charge is 0.509 e. The lowest BCUT2D eigenvalue weighted by atomic mass is 10.2. The average molecular weight is 300 g/mol. The van der Waals surface area contributed by atoms with E-state index in [1.807, 2.05) is 34.6 Å². The molecule has 3 nitrogen and oxygen atoms in total. The Labute approximate surface area is 93.3 Å². The van der Waals surface area contributed by atoms with E-state index in [4.69, 9.17) is 9.47 Å². The minimum Gasteiger partial charge on any atom is -0.429 e. The molecular formula is C9H17IO3. The van der Waals surface area contributed by atoms with Crippen LogP contribution >= 0.6 is 22.6 Å². The van der Waals surface area contributed by atoms with Gasteiger partial charge in [-0.1, -0.05) is 22.6 Å². The highest BCUT2D eigenvalue weighted by Gasteiger charge is 2.25. The lowest BCUT2D eigenvalue weighted by Crippen LogP contribution is -2.33. The van der Waals surface area contributed by atoms with Crippen LogP contribution in [-0.2, 0) is 9.47 Å². The van der Waals surface area contributed by atoms with Crippen LogP contribution in [0.2, 0.25) is 0 Å². The topological polar surface area (TPSA) is 35.5 Å².